The lowest BCUT2D eigenvalue weighted by Crippen LogP contribution is -2.10. The lowest BCUT2D eigenvalue weighted by molar-refractivity contribution is 0.169. The molecule has 0 aliphatic rings. The van der Waals surface area contributed by atoms with Gasteiger partial charge in [-0.1, -0.05) is 13.8 Å². The van der Waals surface area contributed by atoms with Crippen LogP contribution in [0.3, 0.4) is 0 Å². The molecule has 0 unspecified atom stereocenters. The van der Waals surface area contributed by atoms with Gasteiger partial charge in [-0.25, -0.2) is 0 Å². The Morgan fingerprint density at radius 2 is 2.00 bits per heavy atom. The summed E-state index contributed by atoms with van der Waals surface area (Å²) < 4.78 is 2.28. The zero-order chi connectivity index (χ0) is 12.3. The van der Waals surface area contributed by atoms with Crippen LogP contribution in [0.15, 0.2) is 6.07 Å². The summed E-state index contributed by atoms with van der Waals surface area (Å²) >= 11 is 0. The summed E-state index contributed by atoms with van der Waals surface area (Å²) in [5, 5.41) is 9.98. The first-order valence-corrected chi connectivity index (χ1v) is 6.02. The van der Waals surface area contributed by atoms with Crippen molar-refractivity contribution in [3.63, 3.8) is 0 Å². The molecule has 0 bridgehead atoms. The summed E-state index contributed by atoms with van der Waals surface area (Å²) in [4.78, 5) is 0. The molecule has 0 saturated carbocycles. The molecular formula is C13H24N2O. The predicted molar refractivity (Wildman–Crippen MR) is 67.4 cm³/mol. The lowest BCUT2D eigenvalue weighted by Gasteiger charge is -2.14. The maximum atomic E-state index is 9.98. The fraction of sp³-hybridized carbons (Fsp3) is 0.692. The van der Waals surface area contributed by atoms with Gasteiger partial charge in [-0.05, 0) is 38.8 Å². The van der Waals surface area contributed by atoms with Crippen LogP contribution in [-0.4, -0.2) is 16.2 Å². The Bertz CT molecular complexity index is 342. The first-order chi connectivity index (χ1) is 7.47. The van der Waals surface area contributed by atoms with E-state index in [9.17, 15) is 5.11 Å². The number of aliphatic hydroxyl groups excluding tert-OH is 1. The Morgan fingerprint density at radius 3 is 2.50 bits per heavy atom. The molecule has 1 rings (SSSR count). The van der Waals surface area contributed by atoms with Crippen molar-refractivity contribution in [3.05, 3.63) is 23.0 Å². The topological polar surface area (TPSA) is 51.2 Å². The molecule has 0 spiro atoms. The van der Waals surface area contributed by atoms with Gasteiger partial charge in [-0.2, -0.15) is 0 Å². The van der Waals surface area contributed by atoms with E-state index in [1.54, 1.807) is 0 Å². The van der Waals surface area contributed by atoms with Crippen LogP contribution in [0, 0.1) is 19.8 Å². The minimum Gasteiger partial charge on any atom is -0.388 e. The van der Waals surface area contributed by atoms with E-state index in [1.165, 1.54) is 11.4 Å². The van der Waals surface area contributed by atoms with Gasteiger partial charge in [-0.15, -0.1) is 0 Å². The number of hydrogen-bond donors (Lipinski definition) is 2. The molecule has 0 saturated heterocycles. The molecule has 3 N–H and O–H groups in total. The first kappa shape index (κ1) is 13.3. The number of rotatable bonds is 5. The van der Waals surface area contributed by atoms with E-state index in [1.807, 2.05) is 0 Å². The number of aliphatic hydroxyl groups is 1. The summed E-state index contributed by atoms with van der Waals surface area (Å²) in [5.74, 6) is 0.615. The van der Waals surface area contributed by atoms with Crippen molar-refractivity contribution in [2.24, 2.45) is 11.7 Å². The Kier molecular flexibility index (Phi) is 4.56. The van der Waals surface area contributed by atoms with Crippen LogP contribution in [0.5, 0.6) is 0 Å². The average Bonchev–Trinajstić information content (AvgIpc) is 2.45. The number of aryl methyl sites for hydroxylation is 1. The van der Waals surface area contributed by atoms with Crippen molar-refractivity contribution in [2.45, 2.75) is 46.8 Å². The van der Waals surface area contributed by atoms with Crippen molar-refractivity contribution in [1.29, 1.82) is 0 Å². The molecule has 1 aromatic heterocycles. The lowest BCUT2D eigenvalue weighted by atomic mass is 10.1. The Morgan fingerprint density at radius 1 is 1.38 bits per heavy atom. The molecule has 0 amide bonds. The van der Waals surface area contributed by atoms with Gasteiger partial charge in [0.1, 0.15) is 0 Å². The highest BCUT2D eigenvalue weighted by Gasteiger charge is 2.15. The molecule has 0 aromatic carbocycles. The van der Waals surface area contributed by atoms with Gasteiger partial charge >= 0.3 is 0 Å². The summed E-state index contributed by atoms with van der Waals surface area (Å²) in [5.41, 5.74) is 8.90. The number of hydrogen-bond acceptors (Lipinski definition) is 2. The van der Waals surface area contributed by atoms with Crippen LogP contribution in [0.25, 0.3) is 0 Å². The van der Waals surface area contributed by atoms with E-state index in [4.69, 9.17) is 5.73 Å². The van der Waals surface area contributed by atoms with E-state index < -0.39 is 6.10 Å². The van der Waals surface area contributed by atoms with Gasteiger partial charge in [-0.3, -0.25) is 0 Å². The van der Waals surface area contributed by atoms with Crippen LogP contribution < -0.4 is 5.73 Å². The largest absolute Gasteiger partial charge is 0.388 e. The van der Waals surface area contributed by atoms with Gasteiger partial charge in [0.25, 0.3) is 0 Å². The first-order valence-electron chi connectivity index (χ1n) is 6.02. The summed E-state index contributed by atoms with van der Waals surface area (Å²) in [6, 6.07) is 2.08. The van der Waals surface area contributed by atoms with Crippen molar-refractivity contribution in [2.75, 3.05) is 6.54 Å². The maximum absolute atomic E-state index is 9.98. The van der Waals surface area contributed by atoms with Crippen LogP contribution in [-0.2, 0) is 6.54 Å². The summed E-state index contributed by atoms with van der Waals surface area (Å²) in [6.07, 6.45) is 0.212. The fourth-order valence-corrected chi connectivity index (χ4v) is 2.12. The second-order valence-corrected chi connectivity index (χ2v) is 4.92. The minimum absolute atomic E-state index is 0.419. The fourth-order valence-electron chi connectivity index (χ4n) is 2.12. The quantitative estimate of drug-likeness (QED) is 0.805. The number of nitrogens with two attached hydrogens (primary N) is 1. The molecular weight excluding hydrogens is 200 g/mol. The van der Waals surface area contributed by atoms with Crippen molar-refractivity contribution in [1.82, 2.24) is 4.57 Å². The average molecular weight is 224 g/mol. The zero-order valence-electron chi connectivity index (χ0n) is 10.8. The normalized spacial score (nSPS) is 13.4. The highest BCUT2D eigenvalue weighted by molar-refractivity contribution is 5.28. The molecule has 1 heterocycles. The molecule has 1 aromatic rings. The Balaban J connectivity index is 2.96. The van der Waals surface area contributed by atoms with Gasteiger partial charge in [0.2, 0.25) is 0 Å². The van der Waals surface area contributed by atoms with Gasteiger partial charge in [0.05, 0.1) is 6.10 Å². The van der Waals surface area contributed by atoms with E-state index in [2.05, 4.69) is 38.3 Å². The number of nitrogens with zero attached hydrogens (tertiary/aromatic N) is 1. The van der Waals surface area contributed by atoms with E-state index >= 15 is 0 Å². The van der Waals surface area contributed by atoms with Gasteiger partial charge in [0.15, 0.2) is 0 Å². The molecule has 3 nitrogen and oxygen atoms in total. The van der Waals surface area contributed by atoms with Crippen LogP contribution >= 0.6 is 0 Å². The van der Waals surface area contributed by atoms with Crippen molar-refractivity contribution in [3.8, 4) is 0 Å². The third-order valence-electron chi connectivity index (χ3n) is 2.96. The summed E-state index contributed by atoms with van der Waals surface area (Å²) in [7, 11) is 0. The van der Waals surface area contributed by atoms with Crippen LogP contribution in [0.1, 0.15) is 43.3 Å². The maximum Gasteiger partial charge on any atom is 0.0819 e. The monoisotopic (exact) mass is 224 g/mol. The second-order valence-electron chi connectivity index (χ2n) is 4.92. The SMILES string of the molecule is Cc1cc([C@H](O)CCN)c(C)n1CC(C)C. The van der Waals surface area contributed by atoms with Crippen LogP contribution in [0.2, 0.25) is 0 Å². The third-order valence-corrected chi connectivity index (χ3v) is 2.96. The molecule has 0 fully saturated rings. The van der Waals surface area contributed by atoms with Gasteiger partial charge in [0, 0.05) is 23.5 Å². The highest BCUT2D eigenvalue weighted by atomic mass is 16.3. The molecule has 0 radical (unpaired) electrons. The van der Waals surface area contributed by atoms with Crippen molar-refractivity contribution < 1.29 is 5.11 Å². The highest BCUT2D eigenvalue weighted by Crippen LogP contribution is 2.24. The van der Waals surface area contributed by atoms with Crippen molar-refractivity contribution >= 4 is 0 Å². The predicted octanol–water partition coefficient (Wildman–Crippen LogP) is 2.14. The second kappa shape index (κ2) is 5.51. The molecule has 92 valence electrons. The van der Waals surface area contributed by atoms with E-state index in [0.29, 0.717) is 18.9 Å². The Labute approximate surface area is 98.3 Å². The smallest absolute Gasteiger partial charge is 0.0819 e. The Hall–Kier alpha value is -0.800. The van der Waals surface area contributed by atoms with Gasteiger partial charge < -0.3 is 15.4 Å². The molecule has 0 aliphatic heterocycles. The van der Waals surface area contributed by atoms with E-state index in [-0.39, 0.29) is 0 Å². The summed E-state index contributed by atoms with van der Waals surface area (Å²) in [6.45, 7) is 10.1. The molecule has 3 heteroatoms. The van der Waals surface area contributed by atoms with Crippen LogP contribution in [0.4, 0.5) is 0 Å². The van der Waals surface area contributed by atoms with E-state index in [0.717, 1.165) is 12.1 Å². The molecule has 16 heavy (non-hydrogen) atoms. The third kappa shape index (κ3) is 2.86. The zero-order valence-corrected chi connectivity index (χ0v) is 10.8. The molecule has 0 aliphatic carbocycles. The number of aromatic nitrogens is 1. The minimum atomic E-state index is -0.419. The molecule has 1 atom stereocenters. The standard InChI is InChI=1S/C13H24N2O/c1-9(2)8-15-10(3)7-12(11(15)4)13(16)5-6-14/h7,9,13,16H,5-6,8,14H2,1-4H3/t13-/m1/s1.